The second-order valence-electron chi connectivity index (χ2n) is 3.97. The van der Waals surface area contributed by atoms with Gasteiger partial charge in [0.1, 0.15) is 23.9 Å². The van der Waals surface area contributed by atoms with Crippen molar-refractivity contribution in [3.63, 3.8) is 0 Å². The van der Waals surface area contributed by atoms with Gasteiger partial charge in [0.25, 0.3) is 0 Å². The standard InChI is InChI=1S/C14H14FNO2/c15-11-6-4-10(5-7-11)14(16)9-18-13-3-1-2-12(17)8-13/h1-8,14,17H,9,16H2. The van der Waals surface area contributed by atoms with Crippen molar-refractivity contribution in [3.05, 3.63) is 59.9 Å². The Morgan fingerprint density at radius 1 is 1.17 bits per heavy atom. The Balaban J connectivity index is 1.96. The van der Waals surface area contributed by atoms with Crippen LogP contribution in [-0.2, 0) is 0 Å². The first-order valence-electron chi connectivity index (χ1n) is 5.58. The number of halogens is 1. The quantitative estimate of drug-likeness (QED) is 0.873. The molecule has 0 saturated carbocycles. The van der Waals surface area contributed by atoms with Crippen LogP contribution < -0.4 is 10.5 Å². The van der Waals surface area contributed by atoms with Crippen molar-refractivity contribution in [2.24, 2.45) is 5.73 Å². The molecule has 0 aliphatic carbocycles. The zero-order valence-electron chi connectivity index (χ0n) is 9.71. The fourth-order valence-corrected chi connectivity index (χ4v) is 1.57. The molecule has 1 atom stereocenters. The Morgan fingerprint density at radius 3 is 2.56 bits per heavy atom. The molecule has 0 amide bonds. The van der Waals surface area contributed by atoms with Gasteiger partial charge in [0.15, 0.2) is 0 Å². The van der Waals surface area contributed by atoms with Gasteiger partial charge in [-0.05, 0) is 29.8 Å². The maximum Gasteiger partial charge on any atom is 0.123 e. The molecule has 0 bridgehead atoms. The van der Waals surface area contributed by atoms with Gasteiger partial charge in [0, 0.05) is 6.07 Å². The summed E-state index contributed by atoms with van der Waals surface area (Å²) in [4.78, 5) is 0. The van der Waals surface area contributed by atoms with Crippen LogP contribution in [0.1, 0.15) is 11.6 Å². The molecular weight excluding hydrogens is 233 g/mol. The molecule has 0 saturated heterocycles. The highest BCUT2D eigenvalue weighted by molar-refractivity contribution is 5.31. The van der Waals surface area contributed by atoms with E-state index in [9.17, 15) is 9.50 Å². The molecule has 2 aromatic rings. The molecule has 3 N–H and O–H groups in total. The fraction of sp³-hybridized carbons (Fsp3) is 0.143. The van der Waals surface area contributed by atoms with E-state index in [4.69, 9.17) is 10.5 Å². The molecule has 0 aromatic heterocycles. The number of hydrogen-bond acceptors (Lipinski definition) is 3. The Labute approximate surface area is 105 Å². The maximum absolute atomic E-state index is 12.7. The van der Waals surface area contributed by atoms with Crippen LogP contribution >= 0.6 is 0 Å². The van der Waals surface area contributed by atoms with Crippen LogP contribution in [0.4, 0.5) is 4.39 Å². The zero-order chi connectivity index (χ0) is 13.0. The summed E-state index contributed by atoms with van der Waals surface area (Å²) < 4.78 is 18.2. The number of benzene rings is 2. The molecule has 18 heavy (non-hydrogen) atoms. The smallest absolute Gasteiger partial charge is 0.123 e. The largest absolute Gasteiger partial charge is 0.508 e. The Morgan fingerprint density at radius 2 is 1.89 bits per heavy atom. The molecule has 0 heterocycles. The SMILES string of the molecule is NC(COc1cccc(O)c1)c1ccc(F)cc1. The molecule has 0 fully saturated rings. The normalized spacial score (nSPS) is 12.1. The highest BCUT2D eigenvalue weighted by Gasteiger charge is 2.07. The lowest BCUT2D eigenvalue weighted by atomic mass is 10.1. The van der Waals surface area contributed by atoms with Crippen molar-refractivity contribution < 1.29 is 14.2 Å². The van der Waals surface area contributed by atoms with Crippen LogP contribution in [0.3, 0.4) is 0 Å². The van der Waals surface area contributed by atoms with Crippen LogP contribution in [-0.4, -0.2) is 11.7 Å². The van der Waals surface area contributed by atoms with Crippen molar-refractivity contribution in [1.82, 2.24) is 0 Å². The third kappa shape index (κ3) is 3.21. The third-order valence-electron chi connectivity index (χ3n) is 2.55. The lowest BCUT2D eigenvalue weighted by Gasteiger charge is -2.13. The molecular formula is C14H14FNO2. The van der Waals surface area contributed by atoms with Gasteiger partial charge in [0.05, 0.1) is 6.04 Å². The molecule has 94 valence electrons. The maximum atomic E-state index is 12.7. The van der Waals surface area contributed by atoms with E-state index in [1.54, 1.807) is 30.3 Å². The summed E-state index contributed by atoms with van der Waals surface area (Å²) >= 11 is 0. The summed E-state index contributed by atoms with van der Waals surface area (Å²) in [5.41, 5.74) is 6.72. The third-order valence-corrected chi connectivity index (χ3v) is 2.55. The minimum atomic E-state index is -0.340. The molecule has 3 nitrogen and oxygen atoms in total. The van der Waals surface area contributed by atoms with E-state index in [-0.39, 0.29) is 24.2 Å². The van der Waals surface area contributed by atoms with Crippen molar-refractivity contribution in [3.8, 4) is 11.5 Å². The van der Waals surface area contributed by atoms with Crippen LogP contribution in [0.2, 0.25) is 0 Å². The van der Waals surface area contributed by atoms with Gasteiger partial charge in [0.2, 0.25) is 0 Å². The topological polar surface area (TPSA) is 55.5 Å². The van der Waals surface area contributed by atoms with Crippen LogP contribution in [0.25, 0.3) is 0 Å². The van der Waals surface area contributed by atoms with Gasteiger partial charge in [-0.3, -0.25) is 0 Å². The van der Waals surface area contributed by atoms with Crippen molar-refractivity contribution in [2.75, 3.05) is 6.61 Å². The average Bonchev–Trinajstić information content (AvgIpc) is 2.37. The van der Waals surface area contributed by atoms with Gasteiger partial charge in [-0.1, -0.05) is 18.2 Å². The first kappa shape index (κ1) is 12.4. The Kier molecular flexibility index (Phi) is 3.79. The summed E-state index contributed by atoms with van der Waals surface area (Å²) in [7, 11) is 0. The zero-order valence-corrected chi connectivity index (χ0v) is 9.71. The number of nitrogens with two attached hydrogens (primary N) is 1. The van der Waals surface area contributed by atoms with Gasteiger partial charge in [-0.15, -0.1) is 0 Å². The number of hydrogen-bond donors (Lipinski definition) is 2. The average molecular weight is 247 g/mol. The van der Waals surface area contributed by atoms with Crippen LogP contribution in [0, 0.1) is 5.82 Å². The number of phenols is 1. The fourth-order valence-electron chi connectivity index (χ4n) is 1.57. The minimum Gasteiger partial charge on any atom is -0.508 e. The summed E-state index contributed by atoms with van der Waals surface area (Å²) in [5, 5.41) is 9.27. The van der Waals surface area contributed by atoms with E-state index in [0.29, 0.717) is 5.75 Å². The lowest BCUT2D eigenvalue weighted by molar-refractivity contribution is 0.289. The molecule has 1 unspecified atom stereocenters. The summed E-state index contributed by atoms with van der Waals surface area (Å²) in [6.07, 6.45) is 0. The number of rotatable bonds is 4. The Hall–Kier alpha value is -2.07. The van der Waals surface area contributed by atoms with Crippen molar-refractivity contribution >= 4 is 0 Å². The first-order chi connectivity index (χ1) is 8.65. The monoisotopic (exact) mass is 247 g/mol. The van der Waals surface area contributed by atoms with E-state index in [1.807, 2.05) is 0 Å². The van der Waals surface area contributed by atoms with Crippen LogP contribution in [0.5, 0.6) is 11.5 Å². The van der Waals surface area contributed by atoms with Crippen molar-refractivity contribution in [2.45, 2.75) is 6.04 Å². The van der Waals surface area contributed by atoms with Gasteiger partial charge < -0.3 is 15.6 Å². The molecule has 0 aliphatic heterocycles. The first-order valence-corrected chi connectivity index (χ1v) is 5.58. The van der Waals surface area contributed by atoms with Crippen molar-refractivity contribution in [1.29, 1.82) is 0 Å². The van der Waals surface area contributed by atoms with Gasteiger partial charge >= 0.3 is 0 Å². The van der Waals surface area contributed by atoms with E-state index in [1.165, 1.54) is 18.2 Å². The predicted molar refractivity (Wildman–Crippen MR) is 66.9 cm³/mol. The highest BCUT2D eigenvalue weighted by Crippen LogP contribution is 2.19. The molecule has 2 aromatic carbocycles. The molecule has 0 radical (unpaired) electrons. The van der Waals surface area contributed by atoms with E-state index >= 15 is 0 Å². The molecule has 4 heteroatoms. The summed E-state index contributed by atoms with van der Waals surface area (Å²) in [6, 6.07) is 12.1. The number of aromatic hydroxyl groups is 1. The minimum absolute atomic E-state index is 0.142. The predicted octanol–water partition coefficient (Wildman–Crippen LogP) is 2.61. The molecule has 2 rings (SSSR count). The lowest BCUT2D eigenvalue weighted by Crippen LogP contribution is -2.18. The number of ether oxygens (including phenoxy) is 1. The van der Waals surface area contributed by atoms with E-state index < -0.39 is 0 Å². The summed E-state index contributed by atoms with van der Waals surface area (Å²) in [5.74, 6) is 0.398. The summed E-state index contributed by atoms with van der Waals surface area (Å²) in [6.45, 7) is 0.259. The second-order valence-corrected chi connectivity index (χ2v) is 3.97. The molecule has 0 aliphatic rings. The molecule has 0 spiro atoms. The van der Waals surface area contributed by atoms with E-state index in [2.05, 4.69) is 0 Å². The second kappa shape index (κ2) is 5.51. The Bertz CT molecular complexity index is 513. The van der Waals surface area contributed by atoms with E-state index in [0.717, 1.165) is 5.56 Å². The number of phenolic OH excluding ortho intramolecular Hbond substituents is 1. The van der Waals surface area contributed by atoms with Crippen LogP contribution in [0.15, 0.2) is 48.5 Å². The highest BCUT2D eigenvalue weighted by atomic mass is 19.1. The van der Waals surface area contributed by atoms with Gasteiger partial charge in [-0.25, -0.2) is 4.39 Å². The van der Waals surface area contributed by atoms with Gasteiger partial charge in [-0.2, -0.15) is 0 Å².